The molecule has 4 nitrogen and oxygen atoms in total. The molecule has 0 aliphatic heterocycles. The summed E-state index contributed by atoms with van der Waals surface area (Å²) in [5.41, 5.74) is 0.513. The van der Waals surface area contributed by atoms with Crippen LogP contribution < -0.4 is 4.74 Å². The second-order valence-corrected chi connectivity index (χ2v) is 4.44. The van der Waals surface area contributed by atoms with Gasteiger partial charge in [0.15, 0.2) is 0 Å². The van der Waals surface area contributed by atoms with Gasteiger partial charge in [0, 0.05) is 10.6 Å². The summed E-state index contributed by atoms with van der Waals surface area (Å²) in [6.07, 6.45) is 1.23. The third-order valence-corrected chi connectivity index (χ3v) is 2.33. The molecule has 0 unspecified atom stereocenters. The predicted molar refractivity (Wildman–Crippen MR) is 58.6 cm³/mol. The smallest absolute Gasteiger partial charge is 0.287 e. The van der Waals surface area contributed by atoms with Gasteiger partial charge in [-0.1, -0.05) is 11.6 Å². The van der Waals surface area contributed by atoms with E-state index in [2.05, 4.69) is 0 Å². The zero-order valence-electron chi connectivity index (χ0n) is 7.84. The van der Waals surface area contributed by atoms with Gasteiger partial charge in [0.05, 0.1) is 12.5 Å². The Balaban J connectivity index is 3.10. The largest absolute Gasteiger partial charge is 0.496 e. The number of benzene rings is 1. The topological polar surface area (TPSA) is 63.6 Å². The van der Waals surface area contributed by atoms with E-state index in [0.29, 0.717) is 21.7 Å². The molecule has 1 aromatic rings. The molecule has 0 aliphatic rings. The monoisotopic (exact) mass is 248 g/mol. The summed E-state index contributed by atoms with van der Waals surface area (Å²) >= 11 is 5.71. The van der Waals surface area contributed by atoms with Crippen LogP contribution >= 0.6 is 11.6 Å². The lowest BCUT2D eigenvalue weighted by Gasteiger charge is -2.04. The van der Waals surface area contributed by atoms with E-state index in [4.69, 9.17) is 20.9 Å². The second-order valence-electron chi connectivity index (χ2n) is 2.70. The van der Waals surface area contributed by atoms with Crippen LogP contribution in [-0.4, -0.2) is 20.1 Å². The maximum atomic E-state index is 10.5. The molecule has 0 spiro atoms. The van der Waals surface area contributed by atoms with Gasteiger partial charge in [-0.2, -0.15) is 8.42 Å². The summed E-state index contributed by atoms with van der Waals surface area (Å²) in [6.45, 7) is 0. The van der Waals surface area contributed by atoms with E-state index in [1.807, 2.05) is 0 Å². The van der Waals surface area contributed by atoms with Crippen LogP contribution in [0, 0.1) is 0 Å². The van der Waals surface area contributed by atoms with Crippen molar-refractivity contribution in [2.24, 2.45) is 0 Å². The fourth-order valence-corrected chi connectivity index (χ4v) is 1.46. The van der Waals surface area contributed by atoms with Crippen LogP contribution in [0.1, 0.15) is 5.56 Å². The van der Waals surface area contributed by atoms with E-state index in [0.717, 1.165) is 0 Å². The minimum Gasteiger partial charge on any atom is -0.496 e. The fourth-order valence-electron chi connectivity index (χ4n) is 0.982. The number of methoxy groups -OCH3 is 1. The Morgan fingerprint density at radius 3 is 2.67 bits per heavy atom. The SMILES string of the molecule is COc1cc(Cl)ccc1/C=C/S(=O)(=O)O. The van der Waals surface area contributed by atoms with Gasteiger partial charge in [0.25, 0.3) is 10.1 Å². The van der Waals surface area contributed by atoms with Crippen molar-refractivity contribution in [1.82, 2.24) is 0 Å². The van der Waals surface area contributed by atoms with Crippen molar-refractivity contribution in [3.05, 3.63) is 34.2 Å². The average molecular weight is 249 g/mol. The van der Waals surface area contributed by atoms with Crippen molar-refractivity contribution >= 4 is 27.8 Å². The zero-order valence-corrected chi connectivity index (χ0v) is 9.42. The highest BCUT2D eigenvalue weighted by Crippen LogP contribution is 2.24. The molecule has 1 aromatic carbocycles. The number of rotatable bonds is 3. The molecule has 1 rings (SSSR count). The molecule has 1 N–H and O–H groups in total. The summed E-state index contributed by atoms with van der Waals surface area (Å²) in [5, 5.41) is 1.16. The van der Waals surface area contributed by atoms with Crippen LogP contribution in [-0.2, 0) is 10.1 Å². The Morgan fingerprint density at radius 1 is 1.47 bits per heavy atom. The quantitative estimate of drug-likeness (QED) is 0.833. The molecule has 0 bridgehead atoms. The molecule has 0 aromatic heterocycles. The van der Waals surface area contributed by atoms with Gasteiger partial charge in [-0.3, -0.25) is 4.55 Å². The molecule has 0 amide bonds. The molecule has 6 heteroatoms. The maximum Gasteiger partial charge on any atom is 0.287 e. The van der Waals surface area contributed by atoms with E-state index in [1.54, 1.807) is 18.2 Å². The molecule has 0 saturated heterocycles. The standard InChI is InChI=1S/C9H9ClO4S/c1-14-9-6-8(10)3-2-7(9)4-5-15(11,12)13/h2-6H,1H3,(H,11,12,13)/b5-4+. The van der Waals surface area contributed by atoms with E-state index in [1.165, 1.54) is 13.2 Å². The third kappa shape index (κ3) is 3.91. The first-order chi connectivity index (χ1) is 6.92. The normalized spacial score (nSPS) is 11.9. The summed E-state index contributed by atoms with van der Waals surface area (Å²) < 4.78 is 34.4. The maximum absolute atomic E-state index is 10.5. The first kappa shape index (κ1) is 12.0. The molecule has 0 atom stereocenters. The Bertz CT molecular complexity index is 479. The molecule has 0 saturated carbocycles. The molecule has 0 fully saturated rings. The van der Waals surface area contributed by atoms with Gasteiger partial charge in [-0.05, 0) is 24.3 Å². The zero-order chi connectivity index (χ0) is 11.5. The van der Waals surface area contributed by atoms with Crippen LogP contribution in [0.5, 0.6) is 5.75 Å². The van der Waals surface area contributed by atoms with Gasteiger partial charge < -0.3 is 4.74 Å². The summed E-state index contributed by atoms with van der Waals surface area (Å²) in [5.74, 6) is 0.433. The van der Waals surface area contributed by atoms with Crippen LogP contribution in [0.25, 0.3) is 6.08 Å². The average Bonchev–Trinajstić information content (AvgIpc) is 2.14. The molecular formula is C9H9ClO4S. The Labute approximate surface area is 92.9 Å². The first-order valence-electron chi connectivity index (χ1n) is 3.91. The van der Waals surface area contributed by atoms with Crippen LogP contribution in [0.3, 0.4) is 0 Å². The number of hydrogen-bond acceptors (Lipinski definition) is 3. The van der Waals surface area contributed by atoms with Crippen molar-refractivity contribution in [3.63, 3.8) is 0 Å². The highest BCUT2D eigenvalue weighted by atomic mass is 35.5. The van der Waals surface area contributed by atoms with Crippen molar-refractivity contribution < 1.29 is 17.7 Å². The predicted octanol–water partition coefficient (Wildman–Crippen LogP) is 2.21. The van der Waals surface area contributed by atoms with E-state index < -0.39 is 10.1 Å². The number of halogens is 1. The molecular weight excluding hydrogens is 240 g/mol. The second kappa shape index (κ2) is 4.65. The summed E-state index contributed by atoms with van der Waals surface area (Å²) in [4.78, 5) is 0. The molecule has 0 heterocycles. The third-order valence-electron chi connectivity index (χ3n) is 1.62. The van der Waals surface area contributed by atoms with Gasteiger partial charge in [-0.25, -0.2) is 0 Å². The lowest BCUT2D eigenvalue weighted by atomic mass is 10.2. The van der Waals surface area contributed by atoms with Crippen molar-refractivity contribution in [3.8, 4) is 5.75 Å². The summed E-state index contributed by atoms with van der Waals surface area (Å²) in [7, 11) is -2.69. The highest BCUT2D eigenvalue weighted by molar-refractivity contribution is 7.88. The van der Waals surface area contributed by atoms with Gasteiger partial charge in [-0.15, -0.1) is 0 Å². The number of hydrogen-bond donors (Lipinski definition) is 1. The number of ether oxygens (including phenoxy) is 1. The van der Waals surface area contributed by atoms with Gasteiger partial charge in [0.2, 0.25) is 0 Å². The Morgan fingerprint density at radius 2 is 2.13 bits per heavy atom. The Kier molecular flexibility index (Phi) is 3.73. The fraction of sp³-hybridized carbons (Fsp3) is 0.111. The van der Waals surface area contributed by atoms with Crippen LogP contribution in [0.2, 0.25) is 5.02 Å². The molecule has 0 radical (unpaired) electrons. The highest BCUT2D eigenvalue weighted by Gasteiger charge is 2.02. The van der Waals surface area contributed by atoms with Crippen molar-refractivity contribution in [2.75, 3.05) is 7.11 Å². The van der Waals surface area contributed by atoms with Crippen LogP contribution in [0.4, 0.5) is 0 Å². The van der Waals surface area contributed by atoms with Gasteiger partial charge in [0.1, 0.15) is 5.75 Å². The van der Waals surface area contributed by atoms with Crippen LogP contribution in [0.15, 0.2) is 23.6 Å². The van der Waals surface area contributed by atoms with E-state index in [-0.39, 0.29) is 0 Å². The minimum atomic E-state index is -4.13. The Hall–Kier alpha value is -1.04. The minimum absolute atomic E-state index is 0.433. The first-order valence-corrected chi connectivity index (χ1v) is 5.79. The van der Waals surface area contributed by atoms with Gasteiger partial charge >= 0.3 is 0 Å². The van der Waals surface area contributed by atoms with E-state index in [9.17, 15) is 8.42 Å². The van der Waals surface area contributed by atoms with Crippen molar-refractivity contribution in [1.29, 1.82) is 0 Å². The molecule has 82 valence electrons. The summed E-state index contributed by atoms with van der Waals surface area (Å²) in [6, 6.07) is 4.72. The molecule has 15 heavy (non-hydrogen) atoms. The molecule has 0 aliphatic carbocycles. The lowest BCUT2D eigenvalue weighted by molar-refractivity contribution is 0.414. The lowest BCUT2D eigenvalue weighted by Crippen LogP contribution is -1.90. The van der Waals surface area contributed by atoms with E-state index >= 15 is 0 Å². The van der Waals surface area contributed by atoms with Crippen molar-refractivity contribution in [2.45, 2.75) is 0 Å².